The summed E-state index contributed by atoms with van der Waals surface area (Å²) < 4.78 is 33.0. The lowest BCUT2D eigenvalue weighted by Gasteiger charge is -2.10. The predicted molar refractivity (Wildman–Crippen MR) is 85.8 cm³/mol. The molecule has 0 aliphatic carbocycles. The highest BCUT2D eigenvalue weighted by Crippen LogP contribution is 2.26. The van der Waals surface area contributed by atoms with Crippen molar-refractivity contribution in [3.8, 4) is 5.75 Å². The van der Waals surface area contributed by atoms with E-state index in [1.807, 2.05) is 0 Å². The van der Waals surface area contributed by atoms with E-state index in [9.17, 15) is 8.42 Å². The van der Waals surface area contributed by atoms with Crippen LogP contribution in [0.5, 0.6) is 5.75 Å². The highest BCUT2D eigenvalue weighted by molar-refractivity contribution is 9.10. The van der Waals surface area contributed by atoms with E-state index in [-0.39, 0.29) is 4.90 Å². The number of hydrogen-bond acceptors (Lipinski definition) is 4. The fourth-order valence-electron chi connectivity index (χ4n) is 1.76. The summed E-state index contributed by atoms with van der Waals surface area (Å²) >= 11 is 3.31. The smallest absolute Gasteiger partial charge is 0.261 e. The van der Waals surface area contributed by atoms with Gasteiger partial charge in [-0.25, -0.2) is 8.42 Å². The van der Waals surface area contributed by atoms with Gasteiger partial charge < -0.3 is 10.5 Å². The quantitative estimate of drug-likeness (QED) is 0.847. The molecule has 0 aliphatic rings. The molecule has 3 N–H and O–H groups in total. The van der Waals surface area contributed by atoms with E-state index >= 15 is 0 Å². The fraction of sp³-hybridized carbons (Fsp3) is 0.143. The molecule has 7 heteroatoms. The van der Waals surface area contributed by atoms with Crippen LogP contribution in [-0.4, -0.2) is 15.5 Å². The number of nitrogens with two attached hydrogens (primary N) is 1. The van der Waals surface area contributed by atoms with Crippen molar-refractivity contribution in [1.29, 1.82) is 0 Å². The minimum Gasteiger partial charge on any atom is -0.497 e. The molecule has 0 bridgehead atoms. The van der Waals surface area contributed by atoms with Crippen LogP contribution in [0.4, 0.5) is 5.69 Å². The molecular formula is C14H15BrN2O3S. The van der Waals surface area contributed by atoms with Gasteiger partial charge in [0, 0.05) is 17.1 Å². The minimum absolute atomic E-state index is 0.179. The molecule has 0 spiro atoms. The molecule has 0 unspecified atom stereocenters. The average Bonchev–Trinajstić information content (AvgIpc) is 2.46. The molecule has 112 valence electrons. The molecule has 0 fully saturated rings. The van der Waals surface area contributed by atoms with Crippen LogP contribution in [0.2, 0.25) is 0 Å². The minimum atomic E-state index is -3.65. The standard InChI is InChI=1S/C14H15BrN2O3S/c1-20-13-7-11(15)6-12(8-13)17-21(18,19)14-4-2-10(9-16)3-5-14/h2-8,17H,9,16H2,1H3. The van der Waals surface area contributed by atoms with Gasteiger partial charge >= 0.3 is 0 Å². The number of hydrogen-bond donors (Lipinski definition) is 2. The first-order valence-corrected chi connectivity index (χ1v) is 8.38. The lowest BCUT2D eigenvalue weighted by molar-refractivity contribution is 0.415. The van der Waals surface area contributed by atoms with Crippen LogP contribution in [0.3, 0.4) is 0 Å². The van der Waals surface area contributed by atoms with E-state index in [1.165, 1.54) is 19.2 Å². The summed E-state index contributed by atoms with van der Waals surface area (Å²) in [6.07, 6.45) is 0. The summed E-state index contributed by atoms with van der Waals surface area (Å²) in [5, 5.41) is 0. The van der Waals surface area contributed by atoms with Crippen LogP contribution >= 0.6 is 15.9 Å². The van der Waals surface area contributed by atoms with Crippen molar-refractivity contribution in [2.45, 2.75) is 11.4 Å². The van der Waals surface area contributed by atoms with Gasteiger partial charge in [0.25, 0.3) is 10.0 Å². The maximum Gasteiger partial charge on any atom is 0.261 e. The summed E-state index contributed by atoms with van der Waals surface area (Å²) in [7, 11) is -2.13. The van der Waals surface area contributed by atoms with Crippen molar-refractivity contribution < 1.29 is 13.2 Å². The summed E-state index contributed by atoms with van der Waals surface area (Å²) in [6, 6.07) is 11.4. The number of methoxy groups -OCH3 is 1. The number of nitrogens with one attached hydrogen (secondary N) is 1. The molecule has 5 nitrogen and oxygen atoms in total. The van der Waals surface area contributed by atoms with Gasteiger partial charge in [0.1, 0.15) is 5.75 Å². The van der Waals surface area contributed by atoms with Crippen LogP contribution in [0.1, 0.15) is 5.56 Å². The molecule has 2 aromatic rings. The molecule has 0 aromatic heterocycles. The van der Waals surface area contributed by atoms with E-state index in [0.29, 0.717) is 18.0 Å². The first-order chi connectivity index (χ1) is 9.94. The maximum absolute atomic E-state index is 12.3. The van der Waals surface area contributed by atoms with Crippen LogP contribution in [0.25, 0.3) is 0 Å². The van der Waals surface area contributed by atoms with Gasteiger partial charge in [0.2, 0.25) is 0 Å². The van der Waals surface area contributed by atoms with Gasteiger partial charge in [-0.1, -0.05) is 28.1 Å². The normalized spacial score (nSPS) is 11.2. The third-order valence-electron chi connectivity index (χ3n) is 2.83. The number of anilines is 1. The van der Waals surface area contributed by atoms with Crippen molar-refractivity contribution in [1.82, 2.24) is 0 Å². The van der Waals surface area contributed by atoms with Crippen molar-refractivity contribution >= 4 is 31.6 Å². The number of sulfonamides is 1. The Kier molecular flexibility index (Phi) is 4.87. The zero-order valence-electron chi connectivity index (χ0n) is 11.3. The van der Waals surface area contributed by atoms with Crippen molar-refractivity contribution in [3.63, 3.8) is 0 Å². The Labute approximate surface area is 132 Å². The van der Waals surface area contributed by atoms with Crippen LogP contribution in [0, 0.1) is 0 Å². The summed E-state index contributed by atoms with van der Waals surface area (Å²) in [5.41, 5.74) is 6.79. The monoisotopic (exact) mass is 370 g/mol. The summed E-state index contributed by atoms with van der Waals surface area (Å²) in [5.74, 6) is 0.556. The van der Waals surface area contributed by atoms with Crippen molar-refractivity contribution in [2.24, 2.45) is 5.73 Å². The molecule has 0 heterocycles. The van der Waals surface area contributed by atoms with Crippen LogP contribution in [0.15, 0.2) is 51.8 Å². The number of rotatable bonds is 5. The second-order valence-electron chi connectivity index (χ2n) is 4.33. The summed E-state index contributed by atoms with van der Waals surface area (Å²) in [4.78, 5) is 0.179. The average molecular weight is 371 g/mol. The lowest BCUT2D eigenvalue weighted by Crippen LogP contribution is -2.13. The topological polar surface area (TPSA) is 81.4 Å². The predicted octanol–water partition coefficient (Wildman–Crippen LogP) is 2.72. The van der Waals surface area contributed by atoms with Gasteiger partial charge in [0.15, 0.2) is 0 Å². The van der Waals surface area contributed by atoms with Gasteiger partial charge in [-0.3, -0.25) is 4.72 Å². The van der Waals surface area contributed by atoms with Crippen LogP contribution < -0.4 is 15.2 Å². The van der Waals surface area contributed by atoms with Gasteiger partial charge in [-0.2, -0.15) is 0 Å². The summed E-state index contributed by atoms with van der Waals surface area (Å²) in [6.45, 7) is 0.372. The highest BCUT2D eigenvalue weighted by atomic mass is 79.9. The third kappa shape index (κ3) is 3.96. The fourth-order valence-corrected chi connectivity index (χ4v) is 3.27. The Bertz CT molecular complexity index is 730. The Hall–Kier alpha value is -1.57. The Balaban J connectivity index is 2.30. The zero-order valence-corrected chi connectivity index (χ0v) is 13.7. The van der Waals surface area contributed by atoms with Crippen molar-refractivity contribution in [2.75, 3.05) is 11.8 Å². The Morgan fingerprint density at radius 2 is 1.86 bits per heavy atom. The first kappa shape index (κ1) is 15.8. The molecule has 0 radical (unpaired) electrons. The van der Waals surface area contributed by atoms with Gasteiger partial charge in [0.05, 0.1) is 17.7 Å². The van der Waals surface area contributed by atoms with Crippen LogP contribution in [-0.2, 0) is 16.6 Å². The Morgan fingerprint density at radius 3 is 2.43 bits per heavy atom. The molecule has 0 amide bonds. The zero-order chi connectivity index (χ0) is 15.5. The number of ether oxygens (including phenoxy) is 1. The third-order valence-corrected chi connectivity index (χ3v) is 4.68. The molecule has 0 saturated heterocycles. The highest BCUT2D eigenvalue weighted by Gasteiger charge is 2.14. The van der Waals surface area contributed by atoms with Gasteiger partial charge in [-0.05, 0) is 29.8 Å². The van der Waals surface area contributed by atoms with Crippen molar-refractivity contribution in [3.05, 3.63) is 52.5 Å². The first-order valence-electron chi connectivity index (χ1n) is 6.11. The largest absolute Gasteiger partial charge is 0.497 e. The maximum atomic E-state index is 12.3. The second kappa shape index (κ2) is 6.46. The Morgan fingerprint density at radius 1 is 1.19 bits per heavy atom. The van der Waals surface area contributed by atoms with E-state index < -0.39 is 10.0 Å². The molecule has 0 aliphatic heterocycles. The second-order valence-corrected chi connectivity index (χ2v) is 6.93. The molecule has 2 aromatic carbocycles. The van der Waals surface area contributed by atoms with E-state index in [2.05, 4.69) is 20.7 Å². The molecular weight excluding hydrogens is 356 g/mol. The molecule has 2 rings (SSSR count). The number of benzene rings is 2. The SMILES string of the molecule is COc1cc(Br)cc(NS(=O)(=O)c2ccc(CN)cc2)c1. The molecule has 21 heavy (non-hydrogen) atoms. The van der Waals surface area contributed by atoms with E-state index in [1.54, 1.807) is 30.3 Å². The van der Waals surface area contributed by atoms with E-state index in [0.717, 1.165) is 10.0 Å². The molecule has 0 atom stereocenters. The van der Waals surface area contributed by atoms with E-state index in [4.69, 9.17) is 10.5 Å². The number of halogens is 1. The lowest BCUT2D eigenvalue weighted by atomic mass is 10.2. The molecule has 0 saturated carbocycles. The van der Waals surface area contributed by atoms with Gasteiger partial charge in [-0.15, -0.1) is 0 Å².